The van der Waals surface area contributed by atoms with E-state index >= 15 is 0 Å². The van der Waals surface area contributed by atoms with Crippen LogP contribution in [-0.2, 0) is 24.2 Å². The zero-order valence-corrected chi connectivity index (χ0v) is 12.4. The van der Waals surface area contributed by atoms with Crippen LogP contribution in [0.25, 0.3) is 0 Å². The predicted molar refractivity (Wildman–Crippen MR) is 73.8 cm³/mol. The Balaban J connectivity index is 1.73. The summed E-state index contributed by atoms with van der Waals surface area (Å²) < 4.78 is 22.6. The third kappa shape index (κ3) is 4.20. The Labute approximate surface area is 121 Å². The zero-order chi connectivity index (χ0) is 14.8. The predicted octanol–water partition coefficient (Wildman–Crippen LogP) is -1.17. The smallest absolute Gasteiger partial charge is 0.249 e. The van der Waals surface area contributed by atoms with Crippen molar-refractivity contribution in [1.82, 2.24) is 10.6 Å². The molecule has 2 fully saturated rings. The Morgan fingerprint density at radius 2 is 2.10 bits per heavy atom. The first-order chi connectivity index (χ1) is 9.35. The highest BCUT2D eigenvalue weighted by Gasteiger charge is 2.30. The summed E-state index contributed by atoms with van der Waals surface area (Å²) >= 11 is 1.29. The van der Waals surface area contributed by atoms with Gasteiger partial charge in [0.15, 0.2) is 9.84 Å². The molecule has 2 unspecified atom stereocenters. The fourth-order valence-corrected chi connectivity index (χ4v) is 5.61. The molecular weight excluding hydrogens is 304 g/mol. The molecule has 112 valence electrons. The van der Waals surface area contributed by atoms with Gasteiger partial charge in [0.25, 0.3) is 0 Å². The van der Waals surface area contributed by atoms with Gasteiger partial charge in [-0.15, -0.1) is 11.8 Å². The van der Waals surface area contributed by atoms with E-state index in [0.29, 0.717) is 12.8 Å². The first-order valence-corrected chi connectivity index (χ1v) is 9.18. The minimum Gasteiger partial charge on any atom is -0.344 e. The van der Waals surface area contributed by atoms with E-state index in [2.05, 4.69) is 10.6 Å². The van der Waals surface area contributed by atoms with Crippen LogP contribution >= 0.6 is 11.8 Å². The molecule has 2 aliphatic heterocycles. The first-order valence-electron chi connectivity index (χ1n) is 6.31. The number of rotatable bonds is 4. The normalized spacial score (nSPS) is 29.0. The van der Waals surface area contributed by atoms with E-state index < -0.39 is 21.8 Å². The van der Waals surface area contributed by atoms with Gasteiger partial charge in [0.05, 0.1) is 17.3 Å². The van der Waals surface area contributed by atoms with E-state index in [1.807, 2.05) is 0 Å². The quantitative estimate of drug-likeness (QED) is 0.632. The summed E-state index contributed by atoms with van der Waals surface area (Å²) in [5.41, 5.74) is 0. The van der Waals surface area contributed by atoms with Crippen molar-refractivity contribution in [3.8, 4) is 0 Å². The van der Waals surface area contributed by atoms with Crippen LogP contribution in [-0.4, -0.2) is 54.7 Å². The van der Waals surface area contributed by atoms with Crippen molar-refractivity contribution < 1.29 is 22.8 Å². The number of amides is 3. The highest BCUT2D eigenvalue weighted by Crippen LogP contribution is 2.24. The average molecular weight is 320 g/mol. The summed E-state index contributed by atoms with van der Waals surface area (Å²) in [5, 5.41) is 4.68. The molecule has 3 amide bonds. The summed E-state index contributed by atoms with van der Waals surface area (Å²) in [6.07, 6.45) is 1.09. The fraction of sp³-hybridized carbons (Fsp3) is 0.727. The Bertz CT molecular complexity index is 531. The van der Waals surface area contributed by atoms with Crippen molar-refractivity contribution in [3.05, 3.63) is 0 Å². The molecule has 0 aromatic carbocycles. The topological polar surface area (TPSA) is 109 Å². The molecule has 0 saturated carbocycles. The molecule has 0 aromatic heterocycles. The van der Waals surface area contributed by atoms with E-state index in [-0.39, 0.29) is 40.7 Å². The van der Waals surface area contributed by atoms with Crippen molar-refractivity contribution in [2.45, 2.75) is 30.6 Å². The van der Waals surface area contributed by atoms with Gasteiger partial charge in [-0.3, -0.25) is 19.7 Å². The standard InChI is InChI=1S/C11H16N2O5S2/c14-9-2-1-8(11(16)13-9)12-10(15)5-19-7-3-4-20(17,18)6-7/h7-8H,1-6H2,(H,12,15)(H,13,14,16). The van der Waals surface area contributed by atoms with E-state index in [4.69, 9.17) is 0 Å². The number of hydrogen-bond acceptors (Lipinski definition) is 6. The van der Waals surface area contributed by atoms with Crippen LogP contribution in [0.5, 0.6) is 0 Å². The van der Waals surface area contributed by atoms with E-state index in [0.717, 1.165) is 0 Å². The molecule has 7 nitrogen and oxygen atoms in total. The SMILES string of the molecule is O=C1CCC(NC(=O)CSC2CCS(=O)(=O)C2)C(=O)N1. The Kier molecular flexibility index (Phi) is 4.69. The van der Waals surface area contributed by atoms with Gasteiger partial charge in [-0.25, -0.2) is 8.42 Å². The minimum absolute atomic E-state index is 0.0486. The van der Waals surface area contributed by atoms with Crippen molar-refractivity contribution in [2.75, 3.05) is 17.3 Å². The van der Waals surface area contributed by atoms with Crippen LogP contribution in [0.4, 0.5) is 0 Å². The maximum absolute atomic E-state index is 11.7. The maximum Gasteiger partial charge on any atom is 0.249 e. The monoisotopic (exact) mass is 320 g/mol. The number of thioether (sulfide) groups is 1. The molecule has 2 atom stereocenters. The minimum atomic E-state index is -2.94. The molecule has 2 rings (SSSR count). The van der Waals surface area contributed by atoms with Crippen LogP contribution in [0, 0.1) is 0 Å². The second-order valence-electron chi connectivity index (χ2n) is 4.91. The van der Waals surface area contributed by atoms with Crippen molar-refractivity contribution in [1.29, 1.82) is 0 Å². The average Bonchev–Trinajstić information content (AvgIpc) is 2.70. The van der Waals surface area contributed by atoms with Crippen LogP contribution in [0.2, 0.25) is 0 Å². The second-order valence-corrected chi connectivity index (χ2v) is 8.42. The molecule has 2 aliphatic rings. The lowest BCUT2D eigenvalue weighted by atomic mass is 10.1. The van der Waals surface area contributed by atoms with Crippen molar-refractivity contribution in [3.63, 3.8) is 0 Å². The van der Waals surface area contributed by atoms with E-state index in [9.17, 15) is 22.8 Å². The largest absolute Gasteiger partial charge is 0.344 e. The van der Waals surface area contributed by atoms with Gasteiger partial charge in [-0.2, -0.15) is 0 Å². The van der Waals surface area contributed by atoms with Gasteiger partial charge in [0.2, 0.25) is 17.7 Å². The summed E-state index contributed by atoms with van der Waals surface area (Å²) in [4.78, 5) is 34.1. The van der Waals surface area contributed by atoms with Gasteiger partial charge in [0.1, 0.15) is 6.04 Å². The van der Waals surface area contributed by atoms with E-state index in [1.165, 1.54) is 11.8 Å². The van der Waals surface area contributed by atoms with Crippen LogP contribution in [0.1, 0.15) is 19.3 Å². The van der Waals surface area contributed by atoms with Crippen LogP contribution in [0.3, 0.4) is 0 Å². The first kappa shape index (κ1) is 15.3. The number of carbonyl (C=O) groups excluding carboxylic acids is 3. The molecule has 0 bridgehead atoms. The molecule has 0 radical (unpaired) electrons. The summed E-state index contributed by atoms with van der Waals surface area (Å²) in [7, 11) is -2.94. The van der Waals surface area contributed by atoms with E-state index in [1.54, 1.807) is 0 Å². The van der Waals surface area contributed by atoms with Crippen LogP contribution < -0.4 is 10.6 Å². The molecular formula is C11H16N2O5S2. The fourth-order valence-electron chi connectivity index (χ4n) is 2.15. The summed E-state index contributed by atoms with van der Waals surface area (Å²) in [6.45, 7) is 0. The Morgan fingerprint density at radius 3 is 2.70 bits per heavy atom. The molecule has 0 aromatic rings. The molecule has 9 heteroatoms. The van der Waals surface area contributed by atoms with Gasteiger partial charge in [-0.05, 0) is 12.8 Å². The molecule has 2 saturated heterocycles. The molecule has 0 spiro atoms. The second kappa shape index (κ2) is 6.13. The summed E-state index contributed by atoms with van der Waals surface area (Å²) in [5.74, 6) is -0.705. The molecule has 2 N–H and O–H groups in total. The molecule has 0 aliphatic carbocycles. The number of carbonyl (C=O) groups is 3. The van der Waals surface area contributed by atoms with Crippen molar-refractivity contribution >= 4 is 39.3 Å². The number of sulfone groups is 1. The number of nitrogens with one attached hydrogen (secondary N) is 2. The van der Waals surface area contributed by atoms with Gasteiger partial charge < -0.3 is 5.32 Å². The molecule has 2 heterocycles. The Morgan fingerprint density at radius 1 is 1.35 bits per heavy atom. The maximum atomic E-state index is 11.7. The number of hydrogen-bond donors (Lipinski definition) is 2. The Hall–Kier alpha value is -1.09. The highest BCUT2D eigenvalue weighted by atomic mass is 32.2. The third-order valence-corrected chi connectivity index (χ3v) is 6.50. The number of piperidine rings is 1. The third-order valence-electron chi connectivity index (χ3n) is 3.22. The zero-order valence-electron chi connectivity index (χ0n) is 10.8. The lowest BCUT2D eigenvalue weighted by Crippen LogP contribution is -2.52. The van der Waals surface area contributed by atoms with Crippen LogP contribution in [0.15, 0.2) is 0 Å². The van der Waals surface area contributed by atoms with Gasteiger partial charge in [0, 0.05) is 11.7 Å². The summed E-state index contributed by atoms with van der Waals surface area (Å²) in [6, 6.07) is -0.673. The lowest BCUT2D eigenvalue weighted by molar-refractivity contribution is -0.136. The molecule has 20 heavy (non-hydrogen) atoms. The number of imide groups is 1. The van der Waals surface area contributed by atoms with Crippen molar-refractivity contribution in [2.24, 2.45) is 0 Å². The van der Waals surface area contributed by atoms with Gasteiger partial charge >= 0.3 is 0 Å². The lowest BCUT2D eigenvalue weighted by Gasteiger charge is -2.21. The van der Waals surface area contributed by atoms with Gasteiger partial charge in [-0.1, -0.05) is 0 Å². The highest BCUT2D eigenvalue weighted by molar-refractivity contribution is 8.02.